The van der Waals surface area contributed by atoms with E-state index >= 15 is 0 Å². The summed E-state index contributed by atoms with van der Waals surface area (Å²) in [5.74, 6) is -0.930. The Labute approximate surface area is 501 Å². The fourth-order valence-corrected chi connectivity index (χ4v) is 9.63. The summed E-state index contributed by atoms with van der Waals surface area (Å²) in [5, 5.41) is 0. The van der Waals surface area contributed by atoms with Gasteiger partial charge in [0.1, 0.15) is 13.2 Å². The van der Waals surface area contributed by atoms with E-state index in [-0.39, 0.29) is 37.5 Å². The average Bonchev–Trinajstić information content (AvgIpc) is 3.47. The number of carbonyl (C=O) groups is 3. The van der Waals surface area contributed by atoms with Gasteiger partial charge in [-0.25, -0.2) is 0 Å². The molecule has 0 rings (SSSR count). The Balaban J connectivity index is 4.16. The number of hydrogen-bond acceptors (Lipinski definition) is 6. The molecule has 81 heavy (non-hydrogen) atoms. The summed E-state index contributed by atoms with van der Waals surface area (Å²) in [6.45, 7) is 6.48. The van der Waals surface area contributed by atoms with Crippen molar-refractivity contribution < 1.29 is 28.6 Å². The largest absolute Gasteiger partial charge is 0.462 e. The Morgan fingerprint density at radius 2 is 0.481 bits per heavy atom. The van der Waals surface area contributed by atoms with Crippen LogP contribution in [0.25, 0.3) is 0 Å². The maximum Gasteiger partial charge on any atom is 0.306 e. The third-order valence-electron chi connectivity index (χ3n) is 14.8. The van der Waals surface area contributed by atoms with Crippen LogP contribution < -0.4 is 0 Å². The van der Waals surface area contributed by atoms with Crippen molar-refractivity contribution in [2.75, 3.05) is 13.2 Å². The van der Waals surface area contributed by atoms with Gasteiger partial charge in [0.15, 0.2) is 6.10 Å². The van der Waals surface area contributed by atoms with Crippen molar-refractivity contribution in [2.45, 2.75) is 335 Å². The smallest absolute Gasteiger partial charge is 0.306 e. The first-order valence-corrected chi connectivity index (χ1v) is 34.4. The predicted octanol–water partition coefficient (Wildman–Crippen LogP) is 23.8. The number of carbonyl (C=O) groups excluding carboxylic acids is 3. The molecule has 1 atom stereocenters. The first-order valence-electron chi connectivity index (χ1n) is 34.4. The average molecular weight is 1130 g/mol. The minimum absolute atomic E-state index is 0.0933. The molecule has 0 radical (unpaired) electrons. The van der Waals surface area contributed by atoms with Crippen LogP contribution in [0.4, 0.5) is 0 Å². The van der Waals surface area contributed by atoms with Crippen molar-refractivity contribution in [1.29, 1.82) is 0 Å². The Morgan fingerprint density at radius 1 is 0.259 bits per heavy atom. The molecule has 464 valence electrons. The van der Waals surface area contributed by atoms with Crippen LogP contribution in [0.5, 0.6) is 0 Å². The third-order valence-corrected chi connectivity index (χ3v) is 14.8. The molecule has 0 aliphatic rings. The molecular weight excluding hydrogens is 997 g/mol. The van der Waals surface area contributed by atoms with E-state index in [0.29, 0.717) is 19.3 Å². The third kappa shape index (κ3) is 66.8. The molecule has 0 heterocycles. The molecule has 0 aromatic heterocycles. The lowest BCUT2D eigenvalue weighted by atomic mass is 10.0. The zero-order valence-corrected chi connectivity index (χ0v) is 53.3. The van der Waals surface area contributed by atoms with Crippen molar-refractivity contribution in [2.24, 2.45) is 0 Å². The van der Waals surface area contributed by atoms with Crippen LogP contribution >= 0.6 is 0 Å². The molecule has 0 saturated carbocycles. The van der Waals surface area contributed by atoms with Gasteiger partial charge in [-0.2, -0.15) is 0 Å². The number of unbranched alkanes of at least 4 members (excludes halogenated alkanes) is 33. The topological polar surface area (TPSA) is 78.9 Å². The molecule has 0 aromatic carbocycles. The highest BCUT2D eigenvalue weighted by atomic mass is 16.6. The van der Waals surface area contributed by atoms with Crippen LogP contribution in [-0.4, -0.2) is 37.2 Å². The van der Waals surface area contributed by atoms with Gasteiger partial charge in [0, 0.05) is 19.3 Å². The highest BCUT2D eigenvalue weighted by Gasteiger charge is 2.19. The molecule has 0 fully saturated rings. The van der Waals surface area contributed by atoms with Crippen molar-refractivity contribution >= 4 is 17.9 Å². The molecule has 6 heteroatoms. The molecule has 0 saturated heterocycles. The number of ether oxygens (including phenoxy) is 3. The normalized spacial score (nSPS) is 12.8. The fourth-order valence-electron chi connectivity index (χ4n) is 9.63. The Hall–Kier alpha value is -3.93. The van der Waals surface area contributed by atoms with Crippen molar-refractivity contribution in [3.8, 4) is 0 Å². The van der Waals surface area contributed by atoms with Gasteiger partial charge < -0.3 is 14.2 Å². The van der Waals surface area contributed by atoms with Crippen LogP contribution in [0.1, 0.15) is 329 Å². The zero-order chi connectivity index (χ0) is 58.5. The summed E-state index contributed by atoms with van der Waals surface area (Å²) in [4.78, 5) is 38.2. The second kappa shape index (κ2) is 68.6. The van der Waals surface area contributed by atoms with E-state index in [4.69, 9.17) is 14.2 Å². The van der Waals surface area contributed by atoms with Gasteiger partial charge >= 0.3 is 17.9 Å². The minimum Gasteiger partial charge on any atom is -0.462 e. The summed E-state index contributed by atoms with van der Waals surface area (Å²) < 4.78 is 16.9. The maximum atomic E-state index is 12.9. The first kappa shape index (κ1) is 77.1. The fraction of sp³-hybridized carbons (Fsp3) is 0.720. The number of hydrogen-bond donors (Lipinski definition) is 0. The molecule has 0 aliphatic carbocycles. The molecule has 0 N–H and O–H groups in total. The van der Waals surface area contributed by atoms with Crippen LogP contribution in [0.2, 0.25) is 0 Å². The van der Waals surface area contributed by atoms with E-state index in [1.807, 2.05) is 0 Å². The quantitative estimate of drug-likeness (QED) is 0.0261. The van der Waals surface area contributed by atoms with E-state index in [1.165, 1.54) is 180 Å². The lowest BCUT2D eigenvalue weighted by molar-refractivity contribution is -0.167. The van der Waals surface area contributed by atoms with Gasteiger partial charge in [-0.3, -0.25) is 14.4 Å². The van der Waals surface area contributed by atoms with Crippen LogP contribution in [0.3, 0.4) is 0 Å². The van der Waals surface area contributed by atoms with E-state index < -0.39 is 6.10 Å². The SMILES string of the molecule is CC/C=C\C/C=C\C/C=C\C/C=C\C/C=C\C/C=C\CCCCC(=O)OC(COC(=O)CCCCCCCCCCC)COC(=O)CCCCCCCCCCCCCCCCCCCC/C=C\C/C=C\C/C=C\CCCCCCC. The molecular formula is C75H128O6. The lowest BCUT2D eigenvalue weighted by Gasteiger charge is -2.18. The predicted molar refractivity (Wildman–Crippen MR) is 353 cm³/mol. The maximum absolute atomic E-state index is 12.9. The standard InChI is InChI=1S/C75H128O6/c1-4-7-10-13-16-19-21-23-25-27-29-31-32-33-34-35-36-37-38-39-40-41-42-44-45-47-49-51-53-56-59-62-65-68-74(77)80-71-72(70-79-73(76)67-64-61-58-55-18-15-12-9-6-3)81-75(78)69-66-63-60-57-54-52-50-48-46-43-30-28-26-24-22-20-17-14-11-8-5-2/h8,11,17,20-21,23-24,26-27,29-30,32-33,43,48,50,54,57,72H,4-7,9-10,12-16,18-19,22,25,28,31,34-42,44-47,49,51-53,55-56,58-71H2,1-3H3/b11-8-,20-17-,23-21-,26-24-,29-27-,33-32-,43-30-,50-48-,57-54-. The lowest BCUT2D eigenvalue weighted by Crippen LogP contribution is -2.30. The Kier molecular flexibility index (Phi) is 65.2. The summed E-state index contributed by atoms with van der Waals surface area (Å²) >= 11 is 0. The number of esters is 3. The Morgan fingerprint density at radius 3 is 0.778 bits per heavy atom. The van der Waals surface area contributed by atoms with Gasteiger partial charge in [0.25, 0.3) is 0 Å². The Bertz CT molecular complexity index is 1620. The molecule has 1 unspecified atom stereocenters. The highest BCUT2D eigenvalue weighted by molar-refractivity contribution is 5.71. The van der Waals surface area contributed by atoms with Crippen LogP contribution in [0, 0.1) is 0 Å². The van der Waals surface area contributed by atoms with Gasteiger partial charge in [-0.05, 0) is 109 Å². The monoisotopic (exact) mass is 1120 g/mol. The number of rotatable bonds is 62. The van der Waals surface area contributed by atoms with E-state index in [9.17, 15) is 14.4 Å². The minimum atomic E-state index is -0.800. The second-order valence-corrected chi connectivity index (χ2v) is 22.7. The van der Waals surface area contributed by atoms with Gasteiger partial charge in [-0.15, -0.1) is 0 Å². The summed E-state index contributed by atoms with van der Waals surface area (Å²) in [5.41, 5.74) is 0. The zero-order valence-electron chi connectivity index (χ0n) is 53.3. The second-order valence-electron chi connectivity index (χ2n) is 22.7. The molecule has 0 spiro atoms. The summed E-state index contributed by atoms with van der Waals surface area (Å²) in [6, 6.07) is 0. The van der Waals surface area contributed by atoms with Gasteiger partial charge in [0.2, 0.25) is 0 Å². The van der Waals surface area contributed by atoms with Crippen LogP contribution in [0.15, 0.2) is 109 Å². The van der Waals surface area contributed by atoms with Crippen molar-refractivity contribution in [3.05, 3.63) is 109 Å². The molecule has 6 nitrogen and oxygen atoms in total. The van der Waals surface area contributed by atoms with Crippen molar-refractivity contribution in [1.82, 2.24) is 0 Å². The van der Waals surface area contributed by atoms with Crippen LogP contribution in [-0.2, 0) is 28.6 Å². The first-order chi connectivity index (χ1) is 40.0. The number of allylic oxidation sites excluding steroid dienone is 18. The molecule has 0 aromatic rings. The van der Waals surface area contributed by atoms with Gasteiger partial charge in [0.05, 0.1) is 0 Å². The highest BCUT2D eigenvalue weighted by Crippen LogP contribution is 2.17. The molecule has 0 aliphatic heterocycles. The van der Waals surface area contributed by atoms with Crippen molar-refractivity contribution in [3.63, 3.8) is 0 Å². The van der Waals surface area contributed by atoms with E-state index in [2.05, 4.69) is 130 Å². The van der Waals surface area contributed by atoms with E-state index in [1.54, 1.807) is 0 Å². The van der Waals surface area contributed by atoms with E-state index in [0.717, 1.165) is 103 Å². The summed E-state index contributed by atoms with van der Waals surface area (Å²) in [7, 11) is 0. The molecule has 0 amide bonds. The molecule has 0 bridgehead atoms. The van der Waals surface area contributed by atoms with Gasteiger partial charge in [-0.1, -0.05) is 310 Å². The summed E-state index contributed by atoms with van der Waals surface area (Å²) in [6.07, 6.45) is 94.2.